The summed E-state index contributed by atoms with van der Waals surface area (Å²) in [6, 6.07) is 7.49. The van der Waals surface area contributed by atoms with Gasteiger partial charge in [0, 0.05) is 18.4 Å². The summed E-state index contributed by atoms with van der Waals surface area (Å²) >= 11 is 1.58. The monoisotopic (exact) mass is 293 g/mol. The van der Waals surface area contributed by atoms with Crippen molar-refractivity contribution in [3.8, 4) is 0 Å². The molecule has 0 aromatic carbocycles. The van der Waals surface area contributed by atoms with Gasteiger partial charge in [-0.15, -0.1) is 11.3 Å². The highest BCUT2D eigenvalue weighted by Crippen LogP contribution is 2.18. The van der Waals surface area contributed by atoms with Crippen molar-refractivity contribution in [1.29, 1.82) is 0 Å². The van der Waals surface area contributed by atoms with Gasteiger partial charge in [-0.1, -0.05) is 13.0 Å². The van der Waals surface area contributed by atoms with Gasteiger partial charge in [-0.05, 0) is 23.6 Å². The summed E-state index contributed by atoms with van der Waals surface area (Å²) in [6.07, 6.45) is 1.22. The summed E-state index contributed by atoms with van der Waals surface area (Å²) < 4.78 is 10.9. The molecule has 0 aliphatic rings. The van der Waals surface area contributed by atoms with Gasteiger partial charge in [0.25, 0.3) is 0 Å². The number of thiophene rings is 1. The summed E-state index contributed by atoms with van der Waals surface area (Å²) in [4.78, 5) is 13.1. The number of ether oxygens (including phenoxy) is 1. The first-order chi connectivity index (χ1) is 9.72. The Morgan fingerprint density at radius 1 is 1.45 bits per heavy atom. The van der Waals surface area contributed by atoms with Crippen molar-refractivity contribution >= 4 is 17.2 Å². The van der Waals surface area contributed by atoms with Gasteiger partial charge in [0.15, 0.2) is 0 Å². The highest BCUT2D eigenvalue weighted by Gasteiger charge is 2.18. The second-order valence-corrected chi connectivity index (χ2v) is 5.52. The van der Waals surface area contributed by atoms with Gasteiger partial charge in [-0.3, -0.25) is 4.79 Å². The molecule has 0 bridgehead atoms. The van der Waals surface area contributed by atoms with Crippen LogP contribution in [0.4, 0.5) is 0 Å². The van der Waals surface area contributed by atoms with Crippen LogP contribution in [-0.4, -0.2) is 19.6 Å². The quantitative estimate of drug-likeness (QED) is 0.854. The molecule has 2 aromatic heterocycles. The number of rotatable bonds is 7. The molecule has 0 spiro atoms. The molecule has 0 fully saturated rings. The van der Waals surface area contributed by atoms with Gasteiger partial charge in [0.1, 0.15) is 17.6 Å². The van der Waals surface area contributed by atoms with Crippen LogP contribution in [0.5, 0.6) is 0 Å². The summed E-state index contributed by atoms with van der Waals surface area (Å²) in [5.74, 6) is 1.63. The summed E-state index contributed by atoms with van der Waals surface area (Å²) in [7, 11) is 1.61. The van der Waals surface area contributed by atoms with Crippen molar-refractivity contribution < 1.29 is 13.9 Å². The van der Waals surface area contributed by atoms with Crippen molar-refractivity contribution in [3.05, 3.63) is 46.0 Å². The average molecular weight is 293 g/mol. The molecule has 2 aromatic rings. The maximum atomic E-state index is 12.0. The molecule has 4 nitrogen and oxygen atoms in total. The molecule has 0 saturated heterocycles. The minimum atomic E-state index is -0.243. The van der Waals surface area contributed by atoms with E-state index in [0.29, 0.717) is 13.0 Å². The second kappa shape index (κ2) is 7.26. The van der Waals surface area contributed by atoms with Crippen LogP contribution in [0.15, 0.2) is 34.1 Å². The van der Waals surface area contributed by atoms with E-state index in [1.54, 1.807) is 18.4 Å². The van der Waals surface area contributed by atoms with E-state index < -0.39 is 0 Å². The summed E-state index contributed by atoms with van der Waals surface area (Å²) in [6.45, 7) is 2.43. The normalized spacial score (nSPS) is 12.3. The van der Waals surface area contributed by atoms with Gasteiger partial charge >= 0.3 is 0 Å². The molecule has 2 heterocycles. The SMILES string of the molecule is CCc1ccc(C(COC)NC(=O)Cc2cccs2)o1. The molecule has 108 valence electrons. The van der Waals surface area contributed by atoms with E-state index in [0.717, 1.165) is 22.8 Å². The smallest absolute Gasteiger partial charge is 0.225 e. The number of amides is 1. The zero-order valence-electron chi connectivity index (χ0n) is 11.7. The van der Waals surface area contributed by atoms with Crippen molar-refractivity contribution in [2.24, 2.45) is 0 Å². The van der Waals surface area contributed by atoms with E-state index >= 15 is 0 Å². The Labute approximate surface area is 122 Å². The maximum absolute atomic E-state index is 12.0. The maximum Gasteiger partial charge on any atom is 0.225 e. The van der Waals surface area contributed by atoms with E-state index in [9.17, 15) is 4.79 Å². The molecule has 0 aliphatic carbocycles. The Bertz CT molecular complexity index is 533. The Morgan fingerprint density at radius 3 is 2.90 bits per heavy atom. The van der Waals surface area contributed by atoms with Crippen LogP contribution in [0, 0.1) is 0 Å². The van der Waals surface area contributed by atoms with Crippen LogP contribution in [0.1, 0.15) is 29.4 Å². The van der Waals surface area contributed by atoms with Gasteiger partial charge < -0.3 is 14.5 Å². The first-order valence-electron chi connectivity index (χ1n) is 6.62. The van der Waals surface area contributed by atoms with Crippen molar-refractivity contribution in [2.75, 3.05) is 13.7 Å². The fourth-order valence-electron chi connectivity index (χ4n) is 1.95. The van der Waals surface area contributed by atoms with E-state index in [1.807, 2.05) is 36.6 Å². The summed E-state index contributed by atoms with van der Waals surface area (Å²) in [5, 5.41) is 4.93. The predicted molar refractivity (Wildman–Crippen MR) is 78.9 cm³/mol. The third kappa shape index (κ3) is 3.95. The number of carbonyl (C=O) groups excluding carboxylic acids is 1. The molecule has 1 N–H and O–H groups in total. The first kappa shape index (κ1) is 14.8. The van der Waals surface area contributed by atoms with Crippen LogP contribution in [0.25, 0.3) is 0 Å². The van der Waals surface area contributed by atoms with Crippen LogP contribution in [0.3, 0.4) is 0 Å². The molecule has 0 radical (unpaired) electrons. The zero-order valence-corrected chi connectivity index (χ0v) is 12.5. The minimum absolute atomic E-state index is 0.0241. The van der Waals surface area contributed by atoms with Gasteiger partial charge in [-0.25, -0.2) is 0 Å². The van der Waals surface area contributed by atoms with Crippen LogP contribution < -0.4 is 5.32 Å². The van der Waals surface area contributed by atoms with Crippen molar-refractivity contribution in [1.82, 2.24) is 5.32 Å². The molecule has 1 unspecified atom stereocenters. The lowest BCUT2D eigenvalue weighted by molar-refractivity contribution is -0.121. The zero-order chi connectivity index (χ0) is 14.4. The third-order valence-corrected chi connectivity index (χ3v) is 3.83. The molecule has 0 aliphatic heterocycles. The van der Waals surface area contributed by atoms with E-state index in [1.165, 1.54) is 0 Å². The molecule has 2 rings (SSSR count). The van der Waals surface area contributed by atoms with Crippen LogP contribution in [-0.2, 0) is 22.4 Å². The fourth-order valence-corrected chi connectivity index (χ4v) is 2.65. The molecular weight excluding hydrogens is 274 g/mol. The Balaban J connectivity index is 1.99. The first-order valence-corrected chi connectivity index (χ1v) is 7.50. The van der Waals surface area contributed by atoms with Crippen molar-refractivity contribution in [3.63, 3.8) is 0 Å². The van der Waals surface area contributed by atoms with Gasteiger partial charge in [0.05, 0.1) is 13.0 Å². The van der Waals surface area contributed by atoms with Crippen LogP contribution >= 0.6 is 11.3 Å². The minimum Gasteiger partial charge on any atom is -0.464 e. The topological polar surface area (TPSA) is 51.5 Å². The fraction of sp³-hybridized carbons (Fsp3) is 0.400. The lowest BCUT2D eigenvalue weighted by Gasteiger charge is -2.15. The number of aryl methyl sites for hydroxylation is 1. The molecule has 1 atom stereocenters. The van der Waals surface area contributed by atoms with Crippen molar-refractivity contribution in [2.45, 2.75) is 25.8 Å². The van der Waals surface area contributed by atoms with Crippen LogP contribution in [0.2, 0.25) is 0 Å². The number of methoxy groups -OCH3 is 1. The number of hydrogen-bond acceptors (Lipinski definition) is 4. The Morgan fingerprint density at radius 2 is 2.30 bits per heavy atom. The third-order valence-electron chi connectivity index (χ3n) is 2.96. The summed E-state index contributed by atoms with van der Waals surface area (Å²) in [5.41, 5.74) is 0. The molecule has 1 amide bonds. The van der Waals surface area contributed by atoms with E-state index in [4.69, 9.17) is 9.15 Å². The molecular formula is C15H19NO3S. The number of carbonyl (C=O) groups is 1. The highest BCUT2D eigenvalue weighted by molar-refractivity contribution is 7.10. The number of furan rings is 1. The molecule has 20 heavy (non-hydrogen) atoms. The second-order valence-electron chi connectivity index (χ2n) is 4.49. The number of hydrogen-bond donors (Lipinski definition) is 1. The predicted octanol–water partition coefficient (Wildman–Crippen LogP) is 2.95. The lowest BCUT2D eigenvalue weighted by Crippen LogP contribution is -2.32. The Kier molecular flexibility index (Phi) is 5.38. The highest BCUT2D eigenvalue weighted by atomic mass is 32.1. The molecule has 0 saturated carbocycles. The number of nitrogens with one attached hydrogen (secondary N) is 1. The largest absolute Gasteiger partial charge is 0.464 e. The Hall–Kier alpha value is -1.59. The van der Waals surface area contributed by atoms with E-state index in [2.05, 4.69) is 5.32 Å². The average Bonchev–Trinajstić information content (AvgIpc) is 3.08. The van der Waals surface area contributed by atoms with E-state index in [-0.39, 0.29) is 11.9 Å². The molecule has 5 heteroatoms. The lowest BCUT2D eigenvalue weighted by atomic mass is 10.2. The standard InChI is InChI=1S/C15H19NO3S/c1-3-11-6-7-14(19-11)13(10-18-2)16-15(17)9-12-5-4-8-20-12/h4-8,13H,3,9-10H2,1-2H3,(H,16,17). The van der Waals surface area contributed by atoms with Gasteiger partial charge in [-0.2, -0.15) is 0 Å². The van der Waals surface area contributed by atoms with Gasteiger partial charge in [0.2, 0.25) is 5.91 Å².